The van der Waals surface area contributed by atoms with Crippen LogP contribution in [0, 0.1) is 6.92 Å². The van der Waals surface area contributed by atoms with Gasteiger partial charge in [-0.1, -0.05) is 26.0 Å². The van der Waals surface area contributed by atoms with Crippen molar-refractivity contribution < 1.29 is 9.53 Å². The molecule has 2 saturated heterocycles. The van der Waals surface area contributed by atoms with E-state index < -0.39 is 6.10 Å². The Hall–Kier alpha value is -1.26. The van der Waals surface area contributed by atoms with Gasteiger partial charge in [0.05, 0.1) is 0 Å². The van der Waals surface area contributed by atoms with Crippen molar-refractivity contribution in [1.82, 2.24) is 10.2 Å². The standard InChI is InChI=1S/C21H32N2O2.ClH/c1-13(2)19-9-6-14(3)10-20(19)25-15(4)21(24)23(5)18-11-16-7-8-17(12-18)22-16;/h6,9-10,13,15-18,22H,7-8,11-12H2,1-5H3;1H. The summed E-state index contributed by atoms with van der Waals surface area (Å²) in [5.41, 5.74) is 2.31. The summed E-state index contributed by atoms with van der Waals surface area (Å²) in [6.45, 7) is 8.24. The summed E-state index contributed by atoms with van der Waals surface area (Å²) in [6.07, 6.45) is 4.16. The maximum atomic E-state index is 12.9. The molecule has 2 aliphatic rings. The Balaban J connectivity index is 0.00000243. The summed E-state index contributed by atoms with van der Waals surface area (Å²) >= 11 is 0. The van der Waals surface area contributed by atoms with E-state index in [4.69, 9.17) is 4.74 Å². The first kappa shape index (κ1) is 21.0. The molecule has 3 rings (SSSR count). The van der Waals surface area contributed by atoms with Gasteiger partial charge in [0.25, 0.3) is 5.91 Å². The normalized spacial score (nSPS) is 25.5. The van der Waals surface area contributed by atoms with E-state index in [9.17, 15) is 4.79 Å². The zero-order chi connectivity index (χ0) is 18.1. The van der Waals surface area contributed by atoms with Crippen LogP contribution in [0.5, 0.6) is 5.75 Å². The van der Waals surface area contributed by atoms with Gasteiger partial charge in [0.15, 0.2) is 6.10 Å². The van der Waals surface area contributed by atoms with Crippen LogP contribution in [0.15, 0.2) is 18.2 Å². The zero-order valence-electron chi connectivity index (χ0n) is 16.6. The molecule has 0 radical (unpaired) electrons. The third kappa shape index (κ3) is 4.52. The lowest BCUT2D eigenvalue weighted by atomic mass is 9.98. The first-order chi connectivity index (χ1) is 11.8. The lowest BCUT2D eigenvalue weighted by Gasteiger charge is -2.36. The largest absolute Gasteiger partial charge is 0.481 e. The average Bonchev–Trinajstić information content (AvgIpc) is 2.91. The van der Waals surface area contributed by atoms with E-state index in [1.807, 2.05) is 24.9 Å². The van der Waals surface area contributed by atoms with Crippen LogP contribution in [0.2, 0.25) is 0 Å². The van der Waals surface area contributed by atoms with Crippen molar-refractivity contribution >= 4 is 18.3 Å². The molecular weight excluding hydrogens is 348 g/mol. The maximum absolute atomic E-state index is 12.9. The van der Waals surface area contributed by atoms with Gasteiger partial charge in [-0.05, 0) is 62.6 Å². The Labute approximate surface area is 164 Å². The smallest absolute Gasteiger partial charge is 0.263 e. The first-order valence-corrected chi connectivity index (χ1v) is 9.65. The summed E-state index contributed by atoms with van der Waals surface area (Å²) in [5.74, 6) is 1.30. The van der Waals surface area contributed by atoms with Crippen LogP contribution in [-0.2, 0) is 4.79 Å². The van der Waals surface area contributed by atoms with Gasteiger partial charge in [-0.2, -0.15) is 0 Å². The zero-order valence-corrected chi connectivity index (χ0v) is 17.4. The Bertz CT molecular complexity index is 622. The first-order valence-electron chi connectivity index (χ1n) is 9.65. The molecule has 3 unspecified atom stereocenters. The van der Waals surface area contributed by atoms with Crippen molar-refractivity contribution in [3.63, 3.8) is 0 Å². The third-order valence-electron chi connectivity index (χ3n) is 5.79. The topological polar surface area (TPSA) is 41.6 Å². The Morgan fingerprint density at radius 3 is 2.38 bits per heavy atom. The highest BCUT2D eigenvalue weighted by Crippen LogP contribution is 2.31. The van der Waals surface area contributed by atoms with Crippen molar-refractivity contribution in [3.8, 4) is 5.75 Å². The number of fused-ring (bicyclic) bond motifs is 2. The minimum Gasteiger partial charge on any atom is -0.481 e. The molecule has 4 nitrogen and oxygen atoms in total. The SMILES string of the molecule is Cc1ccc(C(C)C)c(OC(C)C(=O)N(C)C2CC3CCC(C2)N3)c1.Cl. The van der Waals surface area contributed by atoms with Crippen LogP contribution in [-0.4, -0.2) is 42.1 Å². The lowest BCUT2D eigenvalue weighted by molar-refractivity contribution is -0.139. The number of amides is 1. The molecule has 0 aliphatic carbocycles. The Kier molecular flexibility index (Phi) is 6.98. The van der Waals surface area contributed by atoms with E-state index in [1.165, 1.54) is 12.8 Å². The molecule has 0 spiro atoms. The number of aryl methyl sites for hydroxylation is 1. The number of hydrogen-bond acceptors (Lipinski definition) is 3. The van der Waals surface area contributed by atoms with Crippen molar-refractivity contribution in [3.05, 3.63) is 29.3 Å². The van der Waals surface area contributed by atoms with E-state index in [2.05, 4.69) is 38.2 Å². The van der Waals surface area contributed by atoms with Crippen LogP contribution < -0.4 is 10.1 Å². The molecule has 2 bridgehead atoms. The second-order valence-electron chi connectivity index (χ2n) is 8.17. The minimum absolute atomic E-state index is 0. The highest BCUT2D eigenvalue weighted by Gasteiger charge is 2.37. The number of halogens is 1. The van der Waals surface area contributed by atoms with Gasteiger partial charge in [0.1, 0.15) is 5.75 Å². The number of carbonyl (C=O) groups excluding carboxylic acids is 1. The molecule has 5 heteroatoms. The third-order valence-corrected chi connectivity index (χ3v) is 5.79. The van der Waals surface area contributed by atoms with Gasteiger partial charge in [-0.3, -0.25) is 4.79 Å². The predicted octanol–water partition coefficient (Wildman–Crippen LogP) is 4.05. The van der Waals surface area contributed by atoms with Crippen LogP contribution in [0.4, 0.5) is 0 Å². The number of likely N-dealkylation sites (N-methyl/N-ethyl adjacent to an activating group) is 1. The van der Waals surface area contributed by atoms with E-state index in [1.54, 1.807) is 0 Å². The summed E-state index contributed by atoms with van der Waals surface area (Å²) in [7, 11) is 1.94. The second-order valence-corrected chi connectivity index (χ2v) is 8.17. The Morgan fingerprint density at radius 2 is 1.81 bits per heavy atom. The van der Waals surface area contributed by atoms with Crippen LogP contribution in [0.25, 0.3) is 0 Å². The highest BCUT2D eigenvalue weighted by atomic mass is 35.5. The number of carbonyl (C=O) groups is 1. The molecule has 1 amide bonds. The molecule has 1 N–H and O–H groups in total. The van der Waals surface area contributed by atoms with Crippen molar-refractivity contribution in [2.24, 2.45) is 0 Å². The van der Waals surface area contributed by atoms with Crippen LogP contribution in [0.1, 0.15) is 63.5 Å². The van der Waals surface area contributed by atoms with Crippen molar-refractivity contribution in [2.45, 2.75) is 83.5 Å². The molecule has 26 heavy (non-hydrogen) atoms. The molecule has 146 valence electrons. The summed E-state index contributed by atoms with van der Waals surface area (Å²) in [4.78, 5) is 14.9. The maximum Gasteiger partial charge on any atom is 0.263 e. The lowest BCUT2D eigenvalue weighted by Crippen LogP contribution is -2.51. The molecule has 0 saturated carbocycles. The van der Waals surface area contributed by atoms with Gasteiger partial charge in [0, 0.05) is 25.2 Å². The van der Waals surface area contributed by atoms with Crippen LogP contribution >= 0.6 is 12.4 Å². The van der Waals surface area contributed by atoms with Gasteiger partial charge in [-0.25, -0.2) is 0 Å². The Morgan fingerprint density at radius 1 is 1.19 bits per heavy atom. The van der Waals surface area contributed by atoms with Crippen molar-refractivity contribution in [2.75, 3.05) is 7.05 Å². The molecule has 1 aromatic carbocycles. The fraction of sp³-hybridized carbons (Fsp3) is 0.667. The fourth-order valence-corrected chi connectivity index (χ4v) is 4.27. The fourth-order valence-electron chi connectivity index (χ4n) is 4.27. The summed E-state index contributed by atoms with van der Waals surface area (Å²) in [6, 6.07) is 7.76. The quantitative estimate of drug-likeness (QED) is 0.837. The molecule has 2 fully saturated rings. The average molecular weight is 381 g/mol. The van der Waals surface area contributed by atoms with Gasteiger partial charge in [0.2, 0.25) is 0 Å². The number of hydrogen-bond donors (Lipinski definition) is 1. The second kappa shape index (κ2) is 8.62. The molecular formula is C21H33ClN2O2. The van der Waals surface area contributed by atoms with Crippen molar-refractivity contribution in [1.29, 1.82) is 0 Å². The number of piperidine rings is 1. The monoisotopic (exact) mass is 380 g/mol. The molecule has 0 aromatic heterocycles. The molecule has 3 atom stereocenters. The van der Waals surface area contributed by atoms with E-state index in [-0.39, 0.29) is 18.3 Å². The minimum atomic E-state index is -0.461. The molecule has 1 aromatic rings. The highest BCUT2D eigenvalue weighted by molar-refractivity contribution is 5.85. The number of ether oxygens (including phenoxy) is 1. The predicted molar refractivity (Wildman–Crippen MR) is 108 cm³/mol. The summed E-state index contributed by atoms with van der Waals surface area (Å²) in [5, 5.41) is 3.64. The van der Waals surface area contributed by atoms with Gasteiger partial charge < -0.3 is 15.0 Å². The van der Waals surface area contributed by atoms with Gasteiger partial charge >= 0.3 is 0 Å². The number of nitrogens with one attached hydrogen (secondary N) is 1. The number of rotatable bonds is 5. The molecule has 2 aliphatic heterocycles. The van der Waals surface area contributed by atoms with Gasteiger partial charge in [-0.15, -0.1) is 12.4 Å². The van der Waals surface area contributed by atoms with Crippen LogP contribution in [0.3, 0.4) is 0 Å². The van der Waals surface area contributed by atoms with E-state index in [0.29, 0.717) is 24.0 Å². The number of nitrogens with zero attached hydrogens (tertiary/aromatic N) is 1. The van der Waals surface area contributed by atoms with E-state index >= 15 is 0 Å². The molecule has 2 heterocycles. The summed E-state index contributed by atoms with van der Waals surface area (Å²) < 4.78 is 6.12. The number of benzene rings is 1. The van der Waals surface area contributed by atoms with E-state index in [0.717, 1.165) is 29.7 Å².